The standard InChI is InChI=1S/C22H17ClFN5OS/c1-13(28-29-22(31)25-16-6-2-14(23)3-7-16)21-26-19-11-10-18(12-20(19)27-21)30-17-8-4-15(24)5-9-17/h2-12H,1H3,(H,26,27)(H2,25,29,31)/b28-13+. The average molecular weight is 454 g/mol. The van der Waals surface area contributed by atoms with Crippen LogP contribution in [0.15, 0.2) is 71.8 Å². The Morgan fingerprint density at radius 1 is 1.06 bits per heavy atom. The Hall–Kier alpha value is -3.49. The number of hydrazone groups is 1. The molecule has 0 radical (unpaired) electrons. The van der Waals surface area contributed by atoms with E-state index in [4.69, 9.17) is 28.6 Å². The van der Waals surface area contributed by atoms with Gasteiger partial charge in [-0.25, -0.2) is 9.37 Å². The first-order valence-corrected chi connectivity index (χ1v) is 10.1. The van der Waals surface area contributed by atoms with Crippen molar-refractivity contribution in [1.29, 1.82) is 0 Å². The molecule has 1 heterocycles. The SMILES string of the molecule is C/C(=N\NC(=S)Nc1ccc(Cl)cc1)c1nc2ccc(Oc3ccc(F)cc3)cc2[nH]1. The summed E-state index contributed by atoms with van der Waals surface area (Å²) in [7, 11) is 0. The third-order valence-corrected chi connectivity index (χ3v) is 4.72. The predicted molar refractivity (Wildman–Crippen MR) is 126 cm³/mol. The second kappa shape index (κ2) is 9.11. The van der Waals surface area contributed by atoms with Crippen LogP contribution in [0.4, 0.5) is 10.1 Å². The molecule has 0 atom stereocenters. The van der Waals surface area contributed by atoms with Crippen LogP contribution in [0.3, 0.4) is 0 Å². The molecule has 3 N–H and O–H groups in total. The Balaban J connectivity index is 1.43. The lowest BCUT2D eigenvalue weighted by Gasteiger charge is -2.07. The van der Waals surface area contributed by atoms with Crippen LogP contribution in [0.25, 0.3) is 11.0 Å². The van der Waals surface area contributed by atoms with Gasteiger partial charge in [0.1, 0.15) is 23.0 Å². The molecule has 4 rings (SSSR count). The fraction of sp³-hybridized carbons (Fsp3) is 0.0455. The number of H-pyrrole nitrogens is 1. The third-order valence-electron chi connectivity index (χ3n) is 4.27. The van der Waals surface area contributed by atoms with Gasteiger partial charge in [-0.2, -0.15) is 5.10 Å². The number of hydrogen-bond acceptors (Lipinski definition) is 4. The molecule has 31 heavy (non-hydrogen) atoms. The minimum Gasteiger partial charge on any atom is -0.457 e. The molecule has 0 saturated heterocycles. The van der Waals surface area contributed by atoms with E-state index < -0.39 is 0 Å². The Kier molecular flexibility index (Phi) is 6.11. The molecule has 1 aromatic heterocycles. The summed E-state index contributed by atoms with van der Waals surface area (Å²) in [6.45, 7) is 1.81. The van der Waals surface area contributed by atoms with E-state index in [2.05, 4.69) is 25.8 Å². The molecule has 0 bridgehead atoms. The summed E-state index contributed by atoms with van der Waals surface area (Å²) in [5.74, 6) is 1.43. The summed E-state index contributed by atoms with van der Waals surface area (Å²) in [6.07, 6.45) is 0. The first-order valence-electron chi connectivity index (χ1n) is 9.27. The highest BCUT2D eigenvalue weighted by molar-refractivity contribution is 7.80. The number of hydrogen-bond donors (Lipinski definition) is 3. The summed E-state index contributed by atoms with van der Waals surface area (Å²) in [5.41, 5.74) is 5.76. The number of halogens is 2. The Bertz CT molecular complexity index is 1260. The summed E-state index contributed by atoms with van der Waals surface area (Å²) >= 11 is 11.1. The topological polar surface area (TPSA) is 74.3 Å². The maximum Gasteiger partial charge on any atom is 0.191 e. The lowest BCUT2D eigenvalue weighted by Crippen LogP contribution is -2.25. The van der Waals surface area contributed by atoms with Gasteiger partial charge in [0, 0.05) is 16.8 Å². The van der Waals surface area contributed by atoms with Gasteiger partial charge in [0.15, 0.2) is 10.9 Å². The zero-order chi connectivity index (χ0) is 21.8. The van der Waals surface area contributed by atoms with Crippen molar-refractivity contribution >= 4 is 51.4 Å². The fourth-order valence-corrected chi connectivity index (χ4v) is 3.03. The van der Waals surface area contributed by atoms with Crippen LogP contribution in [0.1, 0.15) is 12.7 Å². The van der Waals surface area contributed by atoms with Gasteiger partial charge in [-0.3, -0.25) is 5.43 Å². The van der Waals surface area contributed by atoms with Crippen molar-refractivity contribution in [3.63, 3.8) is 0 Å². The van der Waals surface area contributed by atoms with Crippen LogP contribution in [0, 0.1) is 5.82 Å². The molecule has 6 nitrogen and oxygen atoms in total. The minimum absolute atomic E-state index is 0.313. The predicted octanol–water partition coefficient (Wildman–Crippen LogP) is 5.86. The number of ether oxygens (including phenoxy) is 1. The molecule has 0 saturated carbocycles. The van der Waals surface area contributed by atoms with E-state index in [9.17, 15) is 4.39 Å². The van der Waals surface area contributed by atoms with Crippen molar-refractivity contribution in [3.8, 4) is 11.5 Å². The van der Waals surface area contributed by atoms with Crippen molar-refractivity contribution in [2.24, 2.45) is 5.10 Å². The van der Waals surface area contributed by atoms with Gasteiger partial charge >= 0.3 is 0 Å². The van der Waals surface area contributed by atoms with E-state index in [1.54, 1.807) is 30.3 Å². The van der Waals surface area contributed by atoms with Gasteiger partial charge in [-0.05, 0) is 79.8 Å². The van der Waals surface area contributed by atoms with E-state index >= 15 is 0 Å². The van der Waals surface area contributed by atoms with E-state index in [0.29, 0.717) is 33.2 Å². The van der Waals surface area contributed by atoms with Crippen molar-refractivity contribution < 1.29 is 9.13 Å². The van der Waals surface area contributed by atoms with Gasteiger partial charge < -0.3 is 15.0 Å². The van der Waals surface area contributed by atoms with Crippen LogP contribution >= 0.6 is 23.8 Å². The highest BCUT2D eigenvalue weighted by atomic mass is 35.5. The van der Waals surface area contributed by atoms with Crippen molar-refractivity contribution in [2.75, 3.05) is 5.32 Å². The molecule has 4 aromatic rings. The third kappa shape index (κ3) is 5.36. The van der Waals surface area contributed by atoms with Crippen LogP contribution in [0.5, 0.6) is 11.5 Å². The summed E-state index contributed by atoms with van der Waals surface area (Å²) in [5, 5.41) is 8.29. The first-order chi connectivity index (χ1) is 15.0. The molecule has 156 valence electrons. The highest BCUT2D eigenvalue weighted by Gasteiger charge is 2.08. The van der Waals surface area contributed by atoms with Crippen molar-refractivity contribution in [3.05, 3.63) is 83.4 Å². The van der Waals surface area contributed by atoms with Crippen LogP contribution < -0.4 is 15.5 Å². The van der Waals surface area contributed by atoms with E-state index in [1.807, 2.05) is 31.2 Å². The van der Waals surface area contributed by atoms with E-state index in [1.165, 1.54) is 12.1 Å². The van der Waals surface area contributed by atoms with Gasteiger partial charge in [-0.15, -0.1) is 0 Å². The van der Waals surface area contributed by atoms with Crippen LogP contribution in [0.2, 0.25) is 5.02 Å². The molecule has 0 amide bonds. The molecule has 0 spiro atoms. The van der Waals surface area contributed by atoms with Gasteiger partial charge in [-0.1, -0.05) is 11.6 Å². The lowest BCUT2D eigenvalue weighted by atomic mass is 10.3. The molecular weight excluding hydrogens is 437 g/mol. The number of rotatable bonds is 5. The molecule has 0 aliphatic heterocycles. The molecular formula is C22H17ClFN5OS. The maximum absolute atomic E-state index is 13.0. The Labute approximate surface area is 188 Å². The minimum atomic E-state index is -0.313. The average Bonchev–Trinajstić information content (AvgIpc) is 3.19. The second-order valence-electron chi connectivity index (χ2n) is 6.59. The van der Waals surface area contributed by atoms with Crippen molar-refractivity contribution in [2.45, 2.75) is 6.92 Å². The molecule has 0 unspecified atom stereocenters. The van der Waals surface area contributed by atoms with Crippen LogP contribution in [-0.4, -0.2) is 20.8 Å². The lowest BCUT2D eigenvalue weighted by molar-refractivity contribution is 0.481. The number of aromatic amines is 1. The number of thiocarbonyl (C=S) groups is 1. The maximum atomic E-state index is 13.0. The summed E-state index contributed by atoms with van der Waals surface area (Å²) in [4.78, 5) is 7.74. The molecule has 0 aliphatic carbocycles. The summed E-state index contributed by atoms with van der Waals surface area (Å²) in [6, 6.07) is 18.5. The first kappa shape index (κ1) is 20.8. The Morgan fingerprint density at radius 3 is 2.52 bits per heavy atom. The molecule has 0 fully saturated rings. The van der Waals surface area contributed by atoms with Gasteiger partial charge in [0.25, 0.3) is 0 Å². The van der Waals surface area contributed by atoms with E-state index in [-0.39, 0.29) is 5.82 Å². The Morgan fingerprint density at radius 2 is 1.77 bits per heavy atom. The van der Waals surface area contributed by atoms with Gasteiger partial charge in [0.05, 0.1) is 11.0 Å². The fourth-order valence-electron chi connectivity index (χ4n) is 2.74. The monoisotopic (exact) mass is 453 g/mol. The number of aromatic nitrogens is 2. The smallest absolute Gasteiger partial charge is 0.191 e. The van der Waals surface area contributed by atoms with E-state index in [0.717, 1.165) is 16.7 Å². The summed E-state index contributed by atoms with van der Waals surface area (Å²) < 4.78 is 18.8. The number of nitrogens with zero attached hydrogens (tertiary/aromatic N) is 2. The van der Waals surface area contributed by atoms with Crippen LogP contribution in [-0.2, 0) is 0 Å². The van der Waals surface area contributed by atoms with Gasteiger partial charge in [0.2, 0.25) is 0 Å². The van der Waals surface area contributed by atoms with Crippen molar-refractivity contribution in [1.82, 2.24) is 15.4 Å². The zero-order valence-electron chi connectivity index (χ0n) is 16.3. The number of anilines is 1. The number of nitrogens with one attached hydrogen (secondary N) is 3. The zero-order valence-corrected chi connectivity index (χ0v) is 17.9. The molecule has 3 aromatic carbocycles. The largest absolute Gasteiger partial charge is 0.457 e. The molecule has 0 aliphatic rings. The highest BCUT2D eigenvalue weighted by Crippen LogP contribution is 2.25. The second-order valence-corrected chi connectivity index (χ2v) is 7.44. The number of imidazole rings is 1. The normalized spacial score (nSPS) is 11.4. The number of fused-ring (bicyclic) bond motifs is 1. The quantitative estimate of drug-likeness (QED) is 0.200. The number of benzene rings is 3. The molecule has 9 heteroatoms.